The maximum absolute atomic E-state index is 12.5. The zero-order valence-electron chi connectivity index (χ0n) is 14.7. The molecule has 1 atom stereocenters. The van der Waals surface area contributed by atoms with Crippen molar-refractivity contribution in [1.29, 1.82) is 0 Å². The second kappa shape index (κ2) is 8.18. The van der Waals surface area contributed by atoms with Gasteiger partial charge in [-0.1, -0.05) is 47.5 Å². The first-order valence-corrected chi connectivity index (χ1v) is 8.98. The molecule has 2 aromatic rings. The Morgan fingerprint density at radius 3 is 2.59 bits per heavy atom. The predicted octanol–water partition coefficient (Wildman–Crippen LogP) is 1.03. The van der Waals surface area contributed by atoms with Gasteiger partial charge in [0.15, 0.2) is 5.60 Å². The van der Waals surface area contributed by atoms with E-state index < -0.39 is 23.3 Å². The van der Waals surface area contributed by atoms with E-state index >= 15 is 0 Å². The highest BCUT2D eigenvalue weighted by atomic mass is 35.5. The third-order valence-electron chi connectivity index (χ3n) is 4.29. The number of anilines is 1. The third kappa shape index (κ3) is 4.08. The normalized spacial score (nSPS) is 18.1. The van der Waals surface area contributed by atoms with Gasteiger partial charge in [0.2, 0.25) is 0 Å². The van der Waals surface area contributed by atoms with Crippen molar-refractivity contribution in [3.63, 3.8) is 0 Å². The predicted molar refractivity (Wildman–Crippen MR) is 107 cm³/mol. The lowest BCUT2D eigenvalue weighted by atomic mass is 9.87. The molecule has 1 heterocycles. The average molecular weight is 436 g/mol. The number of carbonyl (C=O) groups excluding carboxylic acids is 3. The molecule has 3 amide bonds. The number of hydrazine groups is 1. The standard InChI is InChI=1S/C18H15Cl2N5O4/c19-9-5-6-10(12(20)7-9)14(24-25-16(27)15(26)23-21)8-18(29)11-3-1-2-4-13(11)22-17(18)28/h1-7,29H,8,21H2,(H,22,28)(H,23,26)(H,25,27)/b24-14-. The quantitative estimate of drug-likeness (QED) is 0.160. The summed E-state index contributed by atoms with van der Waals surface area (Å²) >= 11 is 12.2. The highest BCUT2D eigenvalue weighted by molar-refractivity contribution is 6.37. The highest BCUT2D eigenvalue weighted by Crippen LogP contribution is 2.39. The molecule has 0 bridgehead atoms. The average Bonchev–Trinajstić information content (AvgIpc) is 2.95. The van der Waals surface area contributed by atoms with Crippen molar-refractivity contribution < 1.29 is 19.5 Å². The fraction of sp³-hybridized carbons (Fsp3) is 0.111. The first-order chi connectivity index (χ1) is 13.8. The number of aliphatic hydroxyl groups is 1. The summed E-state index contributed by atoms with van der Waals surface area (Å²) in [6.45, 7) is 0. The number of hydrogen-bond donors (Lipinski definition) is 5. The molecule has 0 radical (unpaired) electrons. The lowest BCUT2D eigenvalue weighted by molar-refractivity contribution is -0.139. The number of hydrogen-bond acceptors (Lipinski definition) is 6. The molecule has 6 N–H and O–H groups in total. The van der Waals surface area contributed by atoms with Crippen LogP contribution in [0.1, 0.15) is 17.5 Å². The Morgan fingerprint density at radius 1 is 1.17 bits per heavy atom. The van der Waals surface area contributed by atoms with Crippen LogP contribution in [0.15, 0.2) is 47.6 Å². The van der Waals surface area contributed by atoms with Crippen LogP contribution in [0.4, 0.5) is 5.69 Å². The van der Waals surface area contributed by atoms with Crippen molar-refractivity contribution in [2.24, 2.45) is 10.9 Å². The maximum Gasteiger partial charge on any atom is 0.330 e. The van der Waals surface area contributed by atoms with Crippen LogP contribution in [0.3, 0.4) is 0 Å². The molecule has 1 aliphatic rings. The SMILES string of the molecule is NNC(=O)C(=O)N/N=C(/CC1(O)C(=O)Nc2ccccc21)c1ccc(Cl)cc1Cl. The number of para-hydroxylation sites is 1. The molecule has 11 heteroatoms. The molecule has 9 nitrogen and oxygen atoms in total. The van der Waals surface area contributed by atoms with Crippen molar-refractivity contribution in [1.82, 2.24) is 10.9 Å². The van der Waals surface area contributed by atoms with Gasteiger partial charge < -0.3 is 10.4 Å². The van der Waals surface area contributed by atoms with E-state index in [4.69, 9.17) is 29.0 Å². The van der Waals surface area contributed by atoms with Crippen molar-refractivity contribution in [3.05, 3.63) is 63.6 Å². The highest BCUT2D eigenvalue weighted by Gasteiger charge is 2.46. The van der Waals surface area contributed by atoms with E-state index in [1.165, 1.54) is 18.2 Å². The van der Waals surface area contributed by atoms with Gasteiger partial charge in [-0.15, -0.1) is 0 Å². The second-order valence-corrected chi connectivity index (χ2v) is 6.98. The fourth-order valence-electron chi connectivity index (χ4n) is 2.87. The Morgan fingerprint density at radius 2 is 1.90 bits per heavy atom. The summed E-state index contributed by atoms with van der Waals surface area (Å²) in [5, 5.41) is 18.2. The number of fused-ring (bicyclic) bond motifs is 1. The molecule has 2 aromatic carbocycles. The topological polar surface area (TPSA) is 146 Å². The molecule has 0 saturated heterocycles. The van der Waals surface area contributed by atoms with Gasteiger partial charge in [0.05, 0.1) is 10.7 Å². The number of nitrogens with zero attached hydrogens (tertiary/aromatic N) is 1. The van der Waals surface area contributed by atoms with E-state index in [0.717, 1.165) is 0 Å². The Labute approximate surface area is 174 Å². The number of benzene rings is 2. The van der Waals surface area contributed by atoms with E-state index in [1.807, 2.05) is 5.43 Å². The molecule has 1 unspecified atom stereocenters. The minimum absolute atomic E-state index is 0.0409. The number of halogens is 2. The fourth-order valence-corrected chi connectivity index (χ4v) is 3.39. The number of nitrogens with two attached hydrogens (primary N) is 1. The molecular formula is C18H15Cl2N5O4. The van der Waals surface area contributed by atoms with Gasteiger partial charge >= 0.3 is 11.8 Å². The second-order valence-electron chi connectivity index (χ2n) is 6.13. The van der Waals surface area contributed by atoms with Crippen LogP contribution in [-0.2, 0) is 20.0 Å². The smallest absolute Gasteiger partial charge is 0.330 e. The molecule has 150 valence electrons. The van der Waals surface area contributed by atoms with Crippen molar-refractivity contribution in [2.45, 2.75) is 12.0 Å². The molecule has 0 saturated carbocycles. The van der Waals surface area contributed by atoms with Crippen molar-refractivity contribution in [2.75, 3.05) is 5.32 Å². The summed E-state index contributed by atoms with van der Waals surface area (Å²) in [7, 11) is 0. The van der Waals surface area contributed by atoms with Gasteiger partial charge in [0.25, 0.3) is 5.91 Å². The molecule has 0 aromatic heterocycles. The van der Waals surface area contributed by atoms with Crippen LogP contribution in [-0.4, -0.2) is 28.5 Å². The van der Waals surface area contributed by atoms with Crippen LogP contribution in [0.25, 0.3) is 0 Å². The van der Waals surface area contributed by atoms with Gasteiger partial charge in [-0.2, -0.15) is 5.10 Å². The van der Waals surface area contributed by atoms with E-state index in [-0.39, 0.29) is 17.2 Å². The Bertz CT molecular complexity index is 1040. The molecule has 3 rings (SSSR count). The lowest BCUT2D eigenvalue weighted by Gasteiger charge is -2.22. The molecule has 0 fully saturated rings. The van der Waals surface area contributed by atoms with Gasteiger partial charge in [-0.3, -0.25) is 19.8 Å². The van der Waals surface area contributed by atoms with E-state index in [9.17, 15) is 19.5 Å². The Kier molecular flexibility index (Phi) is 5.85. The number of hydrazone groups is 1. The van der Waals surface area contributed by atoms with Crippen LogP contribution < -0.4 is 22.0 Å². The third-order valence-corrected chi connectivity index (χ3v) is 4.84. The summed E-state index contributed by atoms with van der Waals surface area (Å²) in [4.78, 5) is 35.6. The van der Waals surface area contributed by atoms with Gasteiger partial charge in [-0.25, -0.2) is 11.3 Å². The first-order valence-electron chi connectivity index (χ1n) is 8.22. The van der Waals surface area contributed by atoms with Crippen LogP contribution in [0, 0.1) is 0 Å². The molecular weight excluding hydrogens is 421 g/mol. The minimum atomic E-state index is -1.97. The number of nitrogens with one attached hydrogen (secondary N) is 3. The number of amides is 3. The van der Waals surface area contributed by atoms with Crippen LogP contribution >= 0.6 is 23.2 Å². The van der Waals surface area contributed by atoms with Gasteiger partial charge in [0, 0.05) is 28.3 Å². The van der Waals surface area contributed by atoms with Gasteiger partial charge in [0.1, 0.15) is 0 Å². The van der Waals surface area contributed by atoms with Gasteiger partial charge in [-0.05, 0) is 18.2 Å². The summed E-state index contributed by atoms with van der Waals surface area (Å²) in [5.74, 6) is 1.99. The number of rotatable bonds is 4. The summed E-state index contributed by atoms with van der Waals surface area (Å²) < 4.78 is 0. The van der Waals surface area contributed by atoms with Crippen molar-refractivity contribution in [3.8, 4) is 0 Å². The molecule has 1 aliphatic heterocycles. The summed E-state index contributed by atoms with van der Waals surface area (Å²) in [6, 6.07) is 11.1. The monoisotopic (exact) mass is 435 g/mol. The zero-order valence-corrected chi connectivity index (χ0v) is 16.2. The van der Waals surface area contributed by atoms with E-state index in [2.05, 4.69) is 10.4 Å². The van der Waals surface area contributed by atoms with Crippen molar-refractivity contribution >= 4 is 52.3 Å². The maximum atomic E-state index is 12.5. The molecule has 0 spiro atoms. The number of carbonyl (C=O) groups is 3. The zero-order chi connectivity index (χ0) is 21.2. The lowest BCUT2D eigenvalue weighted by Crippen LogP contribution is -2.42. The minimum Gasteiger partial charge on any atom is -0.375 e. The Balaban J connectivity index is 2.03. The van der Waals surface area contributed by atoms with Crippen LogP contribution in [0.5, 0.6) is 0 Å². The largest absolute Gasteiger partial charge is 0.375 e. The first kappa shape index (κ1) is 20.7. The van der Waals surface area contributed by atoms with E-state index in [0.29, 0.717) is 21.8 Å². The van der Waals surface area contributed by atoms with E-state index in [1.54, 1.807) is 29.7 Å². The molecule has 29 heavy (non-hydrogen) atoms. The van der Waals surface area contributed by atoms with Crippen LogP contribution in [0.2, 0.25) is 10.0 Å². The summed E-state index contributed by atoms with van der Waals surface area (Å²) in [6.07, 6.45) is -0.346. The summed E-state index contributed by atoms with van der Waals surface area (Å²) in [5.41, 5.74) is 2.86. The molecule has 0 aliphatic carbocycles. The Hall–Kier alpha value is -2.98.